The quantitative estimate of drug-likeness (QED) is 0.637. The van der Waals surface area contributed by atoms with E-state index >= 15 is 0 Å². The SMILES string of the molecule is Fc1ccc(F)c(N2CCOCC2)n1. The summed E-state index contributed by atoms with van der Waals surface area (Å²) in [7, 11) is 0. The molecule has 0 atom stereocenters. The van der Waals surface area contributed by atoms with Gasteiger partial charge in [-0.2, -0.15) is 9.37 Å². The Morgan fingerprint density at radius 2 is 1.93 bits per heavy atom. The van der Waals surface area contributed by atoms with Gasteiger partial charge in [0.2, 0.25) is 5.95 Å². The molecule has 1 saturated heterocycles. The highest BCUT2D eigenvalue weighted by Crippen LogP contribution is 2.17. The molecule has 5 heteroatoms. The Morgan fingerprint density at radius 1 is 1.21 bits per heavy atom. The van der Waals surface area contributed by atoms with Gasteiger partial charge in [0.05, 0.1) is 13.2 Å². The third-order valence-electron chi connectivity index (χ3n) is 2.10. The predicted octanol–water partition coefficient (Wildman–Crippen LogP) is 1.20. The van der Waals surface area contributed by atoms with Crippen molar-refractivity contribution in [3.8, 4) is 0 Å². The largest absolute Gasteiger partial charge is 0.378 e. The van der Waals surface area contributed by atoms with Crippen LogP contribution in [0.3, 0.4) is 0 Å². The maximum absolute atomic E-state index is 13.2. The number of aromatic nitrogens is 1. The lowest BCUT2D eigenvalue weighted by molar-refractivity contribution is 0.122. The lowest BCUT2D eigenvalue weighted by atomic mass is 10.3. The number of morpholine rings is 1. The summed E-state index contributed by atoms with van der Waals surface area (Å²) in [4.78, 5) is 5.21. The van der Waals surface area contributed by atoms with Gasteiger partial charge in [0.15, 0.2) is 11.6 Å². The number of halogens is 2. The second kappa shape index (κ2) is 3.88. The number of rotatable bonds is 1. The van der Waals surface area contributed by atoms with Crippen molar-refractivity contribution < 1.29 is 13.5 Å². The van der Waals surface area contributed by atoms with E-state index in [4.69, 9.17) is 4.74 Å². The molecule has 2 rings (SSSR count). The predicted molar refractivity (Wildman–Crippen MR) is 47.2 cm³/mol. The molecule has 0 saturated carbocycles. The summed E-state index contributed by atoms with van der Waals surface area (Å²) in [6.45, 7) is 2.15. The maximum Gasteiger partial charge on any atom is 0.214 e. The van der Waals surface area contributed by atoms with Crippen molar-refractivity contribution in [1.82, 2.24) is 4.98 Å². The second-order valence-electron chi connectivity index (χ2n) is 3.04. The minimum absolute atomic E-state index is 0.0771. The van der Waals surface area contributed by atoms with E-state index in [1.807, 2.05) is 0 Å². The molecule has 0 bridgehead atoms. The highest BCUT2D eigenvalue weighted by molar-refractivity contribution is 5.40. The topological polar surface area (TPSA) is 25.4 Å². The van der Waals surface area contributed by atoms with Crippen LogP contribution in [-0.2, 0) is 4.74 Å². The van der Waals surface area contributed by atoms with Gasteiger partial charge in [-0.25, -0.2) is 4.39 Å². The third-order valence-corrected chi connectivity index (χ3v) is 2.10. The molecule has 0 N–H and O–H groups in total. The number of ether oxygens (including phenoxy) is 1. The van der Waals surface area contributed by atoms with E-state index in [0.717, 1.165) is 12.1 Å². The molecule has 0 unspecified atom stereocenters. The van der Waals surface area contributed by atoms with Gasteiger partial charge in [-0.15, -0.1) is 0 Å². The zero-order valence-corrected chi connectivity index (χ0v) is 7.54. The van der Waals surface area contributed by atoms with Gasteiger partial charge in [-0.05, 0) is 12.1 Å². The van der Waals surface area contributed by atoms with Crippen molar-refractivity contribution in [2.75, 3.05) is 31.2 Å². The average Bonchev–Trinajstić information content (AvgIpc) is 2.23. The molecule has 1 aromatic rings. The molecule has 0 amide bonds. The third kappa shape index (κ3) is 1.82. The summed E-state index contributed by atoms with van der Waals surface area (Å²) in [5.74, 6) is -1.07. The van der Waals surface area contributed by atoms with Crippen LogP contribution in [-0.4, -0.2) is 31.3 Å². The summed E-state index contributed by atoms with van der Waals surface area (Å²) in [6, 6.07) is 2.10. The first-order valence-electron chi connectivity index (χ1n) is 4.42. The highest BCUT2D eigenvalue weighted by Gasteiger charge is 2.16. The summed E-state index contributed by atoms with van der Waals surface area (Å²) in [6.07, 6.45) is 0. The molecule has 2 heterocycles. The van der Waals surface area contributed by atoms with E-state index in [1.54, 1.807) is 4.90 Å². The van der Waals surface area contributed by atoms with Gasteiger partial charge in [-0.3, -0.25) is 0 Å². The smallest absolute Gasteiger partial charge is 0.214 e. The minimum atomic E-state index is -0.659. The average molecular weight is 200 g/mol. The molecule has 1 aliphatic heterocycles. The second-order valence-corrected chi connectivity index (χ2v) is 3.04. The Hall–Kier alpha value is -1.23. The zero-order valence-electron chi connectivity index (χ0n) is 7.54. The number of nitrogens with zero attached hydrogens (tertiary/aromatic N) is 2. The van der Waals surface area contributed by atoms with Crippen molar-refractivity contribution in [3.05, 3.63) is 23.9 Å². The number of hydrogen-bond acceptors (Lipinski definition) is 3. The van der Waals surface area contributed by atoms with Gasteiger partial charge in [-0.1, -0.05) is 0 Å². The first-order chi connectivity index (χ1) is 6.77. The summed E-state index contributed by atoms with van der Waals surface area (Å²) < 4.78 is 31.1. The molecule has 76 valence electrons. The molecule has 0 spiro atoms. The number of hydrogen-bond donors (Lipinski definition) is 0. The lowest BCUT2D eigenvalue weighted by Crippen LogP contribution is -2.37. The number of anilines is 1. The van der Waals surface area contributed by atoms with Gasteiger partial charge < -0.3 is 9.64 Å². The van der Waals surface area contributed by atoms with Gasteiger partial charge in [0.1, 0.15) is 0 Å². The molecule has 3 nitrogen and oxygen atoms in total. The van der Waals surface area contributed by atoms with Crippen LogP contribution in [0.1, 0.15) is 0 Å². The maximum atomic E-state index is 13.2. The van der Waals surface area contributed by atoms with Crippen LogP contribution in [0.15, 0.2) is 12.1 Å². The Morgan fingerprint density at radius 3 is 2.64 bits per heavy atom. The standard InChI is InChI=1S/C9H10F2N2O/c10-7-1-2-8(11)12-9(7)13-3-5-14-6-4-13/h1-2H,3-6H2. The molecular weight excluding hydrogens is 190 g/mol. The molecule has 14 heavy (non-hydrogen) atoms. The molecular formula is C9H10F2N2O. The molecule has 1 aromatic heterocycles. The molecule has 0 aromatic carbocycles. The van der Waals surface area contributed by atoms with Gasteiger partial charge in [0, 0.05) is 13.1 Å². The van der Waals surface area contributed by atoms with Crippen molar-refractivity contribution in [2.45, 2.75) is 0 Å². The van der Waals surface area contributed by atoms with Crippen LogP contribution in [0, 0.1) is 11.8 Å². The minimum Gasteiger partial charge on any atom is -0.378 e. The lowest BCUT2D eigenvalue weighted by Gasteiger charge is -2.27. The van der Waals surface area contributed by atoms with Crippen LogP contribution < -0.4 is 4.90 Å². The van der Waals surface area contributed by atoms with E-state index in [0.29, 0.717) is 26.3 Å². The first kappa shape index (κ1) is 9.33. The van der Waals surface area contributed by atoms with Crippen LogP contribution in [0.5, 0.6) is 0 Å². The van der Waals surface area contributed by atoms with E-state index in [9.17, 15) is 8.78 Å². The molecule has 1 fully saturated rings. The fraction of sp³-hybridized carbons (Fsp3) is 0.444. The van der Waals surface area contributed by atoms with E-state index in [2.05, 4.69) is 4.98 Å². The summed E-state index contributed by atoms with van der Waals surface area (Å²) in [5.41, 5.74) is 0. The van der Waals surface area contributed by atoms with Gasteiger partial charge >= 0.3 is 0 Å². The van der Waals surface area contributed by atoms with Crippen molar-refractivity contribution in [3.63, 3.8) is 0 Å². The van der Waals surface area contributed by atoms with Crippen molar-refractivity contribution in [1.29, 1.82) is 0 Å². The monoisotopic (exact) mass is 200 g/mol. The van der Waals surface area contributed by atoms with E-state index < -0.39 is 11.8 Å². The Kier molecular flexibility index (Phi) is 2.58. The Labute approximate surface area is 80.3 Å². The van der Waals surface area contributed by atoms with Crippen molar-refractivity contribution >= 4 is 5.82 Å². The van der Waals surface area contributed by atoms with E-state index in [1.165, 1.54) is 0 Å². The fourth-order valence-corrected chi connectivity index (χ4v) is 1.41. The molecule has 0 radical (unpaired) electrons. The highest BCUT2D eigenvalue weighted by atomic mass is 19.1. The van der Waals surface area contributed by atoms with Crippen LogP contribution in [0.2, 0.25) is 0 Å². The van der Waals surface area contributed by atoms with Crippen LogP contribution >= 0.6 is 0 Å². The Balaban J connectivity index is 2.24. The Bertz CT molecular complexity index is 327. The normalized spacial score (nSPS) is 17.1. The molecule has 1 aliphatic rings. The zero-order chi connectivity index (χ0) is 9.97. The number of pyridine rings is 1. The fourth-order valence-electron chi connectivity index (χ4n) is 1.41. The van der Waals surface area contributed by atoms with Crippen LogP contribution in [0.25, 0.3) is 0 Å². The summed E-state index contributed by atoms with van der Waals surface area (Å²) in [5, 5.41) is 0. The van der Waals surface area contributed by atoms with E-state index in [-0.39, 0.29) is 5.82 Å². The summed E-state index contributed by atoms with van der Waals surface area (Å²) >= 11 is 0. The first-order valence-corrected chi connectivity index (χ1v) is 4.42. The van der Waals surface area contributed by atoms with Crippen LogP contribution in [0.4, 0.5) is 14.6 Å². The van der Waals surface area contributed by atoms with Crippen molar-refractivity contribution in [2.24, 2.45) is 0 Å². The molecule has 0 aliphatic carbocycles. The van der Waals surface area contributed by atoms with Gasteiger partial charge in [0.25, 0.3) is 0 Å².